The van der Waals surface area contributed by atoms with E-state index in [9.17, 15) is 4.39 Å². The van der Waals surface area contributed by atoms with Crippen LogP contribution in [0.4, 0.5) is 4.39 Å². The van der Waals surface area contributed by atoms with Crippen molar-refractivity contribution in [3.05, 3.63) is 59.8 Å². The molecule has 0 saturated heterocycles. The molecule has 0 fully saturated rings. The Hall–Kier alpha value is -1.61. The van der Waals surface area contributed by atoms with Gasteiger partial charge in [0.2, 0.25) is 0 Å². The van der Waals surface area contributed by atoms with Crippen molar-refractivity contribution in [3.8, 4) is 0 Å². The van der Waals surface area contributed by atoms with Gasteiger partial charge >= 0.3 is 0 Å². The number of benzene rings is 1. The van der Waals surface area contributed by atoms with Crippen molar-refractivity contribution >= 4 is 0 Å². The van der Waals surface area contributed by atoms with Gasteiger partial charge in [-0.2, -0.15) is 0 Å². The van der Waals surface area contributed by atoms with Gasteiger partial charge < -0.3 is 9.73 Å². The lowest BCUT2D eigenvalue weighted by atomic mass is 10.1. The fourth-order valence-corrected chi connectivity index (χ4v) is 2.12. The third-order valence-corrected chi connectivity index (χ3v) is 2.94. The molecule has 1 aromatic carbocycles. The van der Waals surface area contributed by atoms with Crippen LogP contribution in [-0.2, 0) is 6.42 Å². The zero-order chi connectivity index (χ0) is 13.0. The second-order valence-corrected chi connectivity index (χ2v) is 4.64. The summed E-state index contributed by atoms with van der Waals surface area (Å²) in [5.41, 5.74) is 1.00. The molecule has 3 heteroatoms. The Balaban J connectivity index is 1.91. The highest BCUT2D eigenvalue weighted by Gasteiger charge is 2.12. The van der Waals surface area contributed by atoms with Crippen LogP contribution in [0.3, 0.4) is 0 Å². The SMILES string of the molecule is CC(Cc1cccc(F)c1)N[C@H](C)c1ccco1. The summed E-state index contributed by atoms with van der Waals surface area (Å²) in [4.78, 5) is 0. The van der Waals surface area contributed by atoms with Gasteiger partial charge in [-0.3, -0.25) is 0 Å². The second-order valence-electron chi connectivity index (χ2n) is 4.64. The van der Waals surface area contributed by atoms with E-state index in [4.69, 9.17) is 4.42 Å². The number of halogens is 1. The molecule has 0 aliphatic rings. The molecule has 0 spiro atoms. The van der Waals surface area contributed by atoms with Crippen LogP contribution in [0.5, 0.6) is 0 Å². The Kier molecular flexibility index (Phi) is 4.15. The molecule has 2 rings (SSSR count). The lowest BCUT2D eigenvalue weighted by molar-refractivity contribution is 0.397. The molecule has 0 amide bonds. The third-order valence-electron chi connectivity index (χ3n) is 2.94. The maximum atomic E-state index is 13.1. The Labute approximate surface area is 107 Å². The number of hydrogen-bond acceptors (Lipinski definition) is 2. The molecule has 2 nitrogen and oxygen atoms in total. The van der Waals surface area contributed by atoms with Gasteiger partial charge in [0.25, 0.3) is 0 Å². The maximum Gasteiger partial charge on any atom is 0.123 e. The molecule has 0 aliphatic carbocycles. The standard InChI is InChI=1S/C15H18FNO/c1-11(9-13-5-3-6-14(16)10-13)17-12(2)15-7-4-8-18-15/h3-8,10-12,17H,9H2,1-2H3/t11?,12-/m1/s1. The first-order valence-corrected chi connectivity index (χ1v) is 6.19. The van der Waals surface area contributed by atoms with E-state index in [1.807, 2.05) is 18.2 Å². The average Bonchev–Trinajstić information content (AvgIpc) is 2.81. The summed E-state index contributed by atoms with van der Waals surface area (Å²) in [5.74, 6) is 0.736. The molecule has 18 heavy (non-hydrogen) atoms. The summed E-state index contributed by atoms with van der Waals surface area (Å²) in [6.07, 6.45) is 2.47. The zero-order valence-corrected chi connectivity index (χ0v) is 10.7. The topological polar surface area (TPSA) is 25.2 Å². The number of nitrogens with one attached hydrogen (secondary N) is 1. The first kappa shape index (κ1) is 12.8. The van der Waals surface area contributed by atoms with Gasteiger partial charge in [-0.1, -0.05) is 12.1 Å². The van der Waals surface area contributed by atoms with Crippen LogP contribution in [0.15, 0.2) is 47.1 Å². The summed E-state index contributed by atoms with van der Waals surface area (Å²) in [6, 6.07) is 11.0. The van der Waals surface area contributed by atoms with E-state index in [-0.39, 0.29) is 17.9 Å². The van der Waals surface area contributed by atoms with Gasteiger partial charge in [0.15, 0.2) is 0 Å². The largest absolute Gasteiger partial charge is 0.468 e. The van der Waals surface area contributed by atoms with Crippen LogP contribution >= 0.6 is 0 Å². The minimum atomic E-state index is -0.182. The summed E-state index contributed by atoms with van der Waals surface area (Å²) < 4.78 is 18.4. The zero-order valence-electron chi connectivity index (χ0n) is 10.7. The monoisotopic (exact) mass is 247 g/mol. The summed E-state index contributed by atoms with van der Waals surface area (Å²) >= 11 is 0. The van der Waals surface area contributed by atoms with Crippen molar-refractivity contribution in [2.24, 2.45) is 0 Å². The molecule has 2 aromatic rings. The Morgan fingerprint density at radius 1 is 1.22 bits per heavy atom. The smallest absolute Gasteiger partial charge is 0.123 e. The maximum absolute atomic E-state index is 13.1. The van der Waals surface area contributed by atoms with Crippen molar-refractivity contribution < 1.29 is 8.81 Å². The first-order valence-electron chi connectivity index (χ1n) is 6.19. The number of furan rings is 1. The predicted molar refractivity (Wildman–Crippen MR) is 69.8 cm³/mol. The van der Waals surface area contributed by atoms with Crippen LogP contribution in [-0.4, -0.2) is 6.04 Å². The summed E-state index contributed by atoms with van der Waals surface area (Å²) in [7, 11) is 0. The minimum absolute atomic E-state index is 0.156. The predicted octanol–water partition coefficient (Wildman–Crippen LogP) is 3.70. The molecular formula is C15H18FNO. The van der Waals surface area contributed by atoms with Crippen molar-refractivity contribution in [3.63, 3.8) is 0 Å². The van der Waals surface area contributed by atoms with E-state index in [1.165, 1.54) is 6.07 Å². The molecule has 0 aliphatic heterocycles. The van der Waals surface area contributed by atoms with Gasteiger partial charge in [0, 0.05) is 6.04 Å². The highest BCUT2D eigenvalue weighted by molar-refractivity contribution is 5.17. The molecule has 1 heterocycles. The molecule has 1 unspecified atom stereocenters. The minimum Gasteiger partial charge on any atom is -0.468 e. The quantitative estimate of drug-likeness (QED) is 0.871. The highest BCUT2D eigenvalue weighted by atomic mass is 19.1. The van der Waals surface area contributed by atoms with Crippen molar-refractivity contribution in [1.82, 2.24) is 5.32 Å². The van der Waals surface area contributed by atoms with Crippen molar-refractivity contribution in [2.45, 2.75) is 32.4 Å². The van der Waals surface area contributed by atoms with E-state index in [1.54, 1.807) is 18.4 Å². The fourth-order valence-electron chi connectivity index (χ4n) is 2.12. The van der Waals surface area contributed by atoms with E-state index in [0.717, 1.165) is 17.7 Å². The Morgan fingerprint density at radius 3 is 2.72 bits per heavy atom. The van der Waals surface area contributed by atoms with Crippen LogP contribution < -0.4 is 5.32 Å². The molecule has 1 aromatic heterocycles. The number of hydrogen-bond donors (Lipinski definition) is 1. The fraction of sp³-hybridized carbons (Fsp3) is 0.333. The Bertz CT molecular complexity index is 481. The molecule has 1 N–H and O–H groups in total. The van der Waals surface area contributed by atoms with E-state index >= 15 is 0 Å². The second kappa shape index (κ2) is 5.83. The van der Waals surface area contributed by atoms with Crippen LogP contribution in [0, 0.1) is 5.82 Å². The van der Waals surface area contributed by atoms with Crippen LogP contribution in [0.2, 0.25) is 0 Å². The van der Waals surface area contributed by atoms with Crippen LogP contribution in [0.1, 0.15) is 31.2 Å². The van der Waals surface area contributed by atoms with E-state index in [2.05, 4.69) is 19.2 Å². The molecule has 2 atom stereocenters. The van der Waals surface area contributed by atoms with Crippen LogP contribution in [0.25, 0.3) is 0 Å². The lowest BCUT2D eigenvalue weighted by Gasteiger charge is -2.18. The molecular weight excluding hydrogens is 229 g/mol. The first-order chi connectivity index (χ1) is 8.65. The molecule has 0 radical (unpaired) electrons. The Morgan fingerprint density at radius 2 is 2.06 bits per heavy atom. The third kappa shape index (κ3) is 3.44. The lowest BCUT2D eigenvalue weighted by Crippen LogP contribution is -2.30. The summed E-state index contributed by atoms with van der Waals surface area (Å²) in [6.45, 7) is 4.14. The van der Waals surface area contributed by atoms with Gasteiger partial charge in [-0.25, -0.2) is 4.39 Å². The van der Waals surface area contributed by atoms with Gasteiger partial charge in [0.1, 0.15) is 11.6 Å². The average molecular weight is 247 g/mol. The molecule has 96 valence electrons. The molecule has 0 bridgehead atoms. The van der Waals surface area contributed by atoms with Crippen molar-refractivity contribution in [1.29, 1.82) is 0 Å². The van der Waals surface area contributed by atoms with Gasteiger partial charge in [-0.15, -0.1) is 0 Å². The van der Waals surface area contributed by atoms with Crippen molar-refractivity contribution in [2.75, 3.05) is 0 Å². The van der Waals surface area contributed by atoms with Gasteiger partial charge in [0.05, 0.1) is 12.3 Å². The van der Waals surface area contributed by atoms with E-state index in [0.29, 0.717) is 0 Å². The highest BCUT2D eigenvalue weighted by Crippen LogP contribution is 2.14. The van der Waals surface area contributed by atoms with E-state index < -0.39 is 0 Å². The summed E-state index contributed by atoms with van der Waals surface area (Å²) in [5, 5.41) is 3.43. The number of rotatable bonds is 5. The van der Waals surface area contributed by atoms with Gasteiger partial charge in [-0.05, 0) is 50.1 Å². The normalized spacial score (nSPS) is 14.4. The molecule has 0 saturated carbocycles.